The normalized spacial score (nSPS) is 14.8. The molecule has 0 unspecified atom stereocenters. The van der Waals surface area contributed by atoms with E-state index in [2.05, 4.69) is 34.7 Å². The fraction of sp³-hybridized carbons (Fsp3) is 0.294. The second-order valence-electron chi connectivity index (χ2n) is 5.77. The Balaban J connectivity index is 1.96. The van der Waals surface area contributed by atoms with Gasteiger partial charge in [0.2, 0.25) is 0 Å². The molecule has 0 bridgehead atoms. The zero-order valence-corrected chi connectivity index (χ0v) is 12.1. The van der Waals surface area contributed by atoms with Gasteiger partial charge in [-0.05, 0) is 49.6 Å². The smallest absolute Gasteiger partial charge is 0.141 e. The molecule has 4 rings (SSSR count). The minimum Gasteiger partial charge on any atom is -0.325 e. The van der Waals surface area contributed by atoms with Crippen LogP contribution >= 0.6 is 0 Å². The standard InChI is InChI=1S/C17H18N4/c1-11-2-5-16-15(8-11)20-17(21(16)14-3-4-14)12-6-7-19-13(9-12)10-18/h2,5-9,14H,3-4,10,18H2,1H3. The van der Waals surface area contributed by atoms with Crippen LogP contribution in [0.3, 0.4) is 0 Å². The van der Waals surface area contributed by atoms with E-state index in [-0.39, 0.29) is 0 Å². The summed E-state index contributed by atoms with van der Waals surface area (Å²) in [6.07, 6.45) is 4.29. The molecule has 4 heteroatoms. The lowest BCUT2D eigenvalue weighted by Crippen LogP contribution is -2.01. The van der Waals surface area contributed by atoms with Crippen LogP contribution in [-0.2, 0) is 6.54 Å². The lowest BCUT2D eigenvalue weighted by molar-refractivity contribution is 0.774. The molecular formula is C17H18N4. The summed E-state index contributed by atoms with van der Waals surface area (Å²) in [5, 5.41) is 0. The van der Waals surface area contributed by atoms with Gasteiger partial charge in [0.25, 0.3) is 0 Å². The fourth-order valence-electron chi connectivity index (χ4n) is 2.84. The molecule has 1 aliphatic rings. The Morgan fingerprint density at radius 2 is 2.10 bits per heavy atom. The monoisotopic (exact) mass is 278 g/mol. The van der Waals surface area contributed by atoms with Crippen LogP contribution in [0.1, 0.15) is 30.1 Å². The first kappa shape index (κ1) is 12.5. The Morgan fingerprint density at radius 3 is 2.86 bits per heavy atom. The van der Waals surface area contributed by atoms with Gasteiger partial charge in [0.05, 0.1) is 16.7 Å². The second-order valence-corrected chi connectivity index (χ2v) is 5.77. The van der Waals surface area contributed by atoms with Gasteiger partial charge in [-0.15, -0.1) is 0 Å². The van der Waals surface area contributed by atoms with Crippen molar-refractivity contribution >= 4 is 11.0 Å². The highest BCUT2D eigenvalue weighted by Crippen LogP contribution is 2.41. The molecule has 21 heavy (non-hydrogen) atoms. The number of nitrogens with zero attached hydrogens (tertiary/aromatic N) is 3. The number of benzene rings is 1. The summed E-state index contributed by atoms with van der Waals surface area (Å²) >= 11 is 0. The van der Waals surface area contributed by atoms with Crippen LogP contribution in [0.25, 0.3) is 22.4 Å². The summed E-state index contributed by atoms with van der Waals surface area (Å²) in [7, 11) is 0. The fourth-order valence-corrected chi connectivity index (χ4v) is 2.84. The highest BCUT2D eigenvalue weighted by atomic mass is 15.1. The molecule has 0 radical (unpaired) electrons. The van der Waals surface area contributed by atoms with Gasteiger partial charge in [-0.1, -0.05) is 6.07 Å². The van der Waals surface area contributed by atoms with Crippen LogP contribution in [0.5, 0.6) is 0 Å². The number of imidazole rings is 1. The SMILES string of the molecule is Cc1ccc2c(c1)nc(-c1ccnc(CN)c1)n2C1CC1. The summed E-state index contributed by atoms with van der Waals surface area (Å²) in [5.41, 5.74) is 11.3. The van der Waals surface area contributed by atoms with Crippen molar-refractivity contribution in [3.05, 3.63) is 47.8 Å². The molecule has 2 heterocycles. The van der Waals surface area contributed by atoms with Gasteiger partial charge in [-0.25, -0.2) is 4.98 Å². The molecule has 0 spiro atoms. The Kier molecular flexibility index (Phi) is 2.79. The van der Waals surface area contributed by atoms with Crippen LogP contribution in [0, 0.1) is 6.92 Å². The number of fused-ring (bicyclic) bond motifs is 1. The highest BCUT2D eigenvalue weighted by Gasteiger charge is 2.28. The van der Waals surface area contributed by atoms with Gasteiger partial charge in [-0.3, -0.25) is 4.98 Å². The van der Waals surface area contributed by atoms with Crippen LogP contribution in [-0.4, -0.2) is 14.5 Å². The van der Waals surface area contributed by atoms with E-state index in [0.29, 0.717) is 12.6 Å². The van der Waals surface area contributed by atoms with Crippen molar-refractivity contribution in [2.45, 2.75) is 32.4 Å². The van der Waals surface area contributed by atoms with Gasteiger partial charge >= 0.3 is 0 Å². The molecule has 0 amide bonds. The Hall–Kier alpha value is -2.20. The molecule has 0 saturated heterocycles. The number of pyridine rings is 1. The number of rotatable bonds is 3. The molecule has 0 aliphatic heterocycles. The van der Waals surface area contributed by atoms with Gasteiger partial charge in [0, 0.05) is 24.3 Å². The van der Waals surface area contributed by atoms with Crippen LogP contribution in [0.15, 0.2) is 36.5 Å². The first-order valence-electron chi connectivity index (χ1n) is 7.40. The van der Waals surface area contributed by atoms with Gasteiger partial charge in [0.15, 0.2) is 0 Å². The number of aryl methyl sites for hydroxylation is 1. The molecule has 1 saturated carbocycles. The lowest BCUT2D eigenvalue weighted by atomic mass is 10.2. The van der Waals surface area contributed by atoms with E-state index < -0.39 is 0 Å². The molecule has 2 aromatic heterocycles. The molecule has 1 fully saturated rings. The first-order chi connectivity index (χ1) is 10.3. The third-order valence-electron chi connectivity index (χ3n) is 4.04. The zero-order valence-electron chi connectivity index (χ0n) is 12.1. The number of aromatic nitrogens is 3. The molecule has 3 aromatic rings. The summed E-state index contributed by atoms with van der Waals surface area (Å²) in [6.45, 7) is 2.56. The predicted molar refractivity (Wildman–Crippen MR) is 83.9 cm³/mol. The van der Waals surface area contributed by atoms with Crippen molar-refractivity contribution in [1.29, 1.82) is 0 Å². The Morgan fingerprint density at radius 1 is 1.24 bits per heavy atom. The van der Waals surface area contributed by atoms with Crippen molar-refractivity contribution in [2.75, 3.05) is 0 Å². The Bertz CT molecular complexity index is 815. The van der Waals surface area contributed by atoms with Crippen LogP contribution in [0.4, 0.5) is 0 Å². The minimum absolute atomic E-state index is 0.455. The molecule has 4 nitrogen and oxygen atoms in total. The predicted octanol–water partition coefficient (Wildman–Crippen LogP) is 3.20. The number of hydrogen-bond donors (Lipinski definition) is 1. The van der Waals surface area contributed by atoms with E-state index >= 15 is 0 Å². The maximum atomic E-state index is 5.71. The van der Waals surface area contributed by atoms with Gasteiger partial charge in [0.1, 0.15) is 5.82 Å². The van der Waals surface area contributed by atoms with E-state index in [4.69, 9.17) is 10.7 Å². The largest absolute Gasteiger partial charge is 0.325 e. The van der Waals surface area contributed by atoms with E-state index in [1.807, 2.05) is 18.3 Å². The molecule has 2 N–H and O–H groups in total. The maximum Gasteiger partial charge on any atom is 0.141 e. The molecular weight excluding hydrogens is 260 g/mol. The Labute approximate surface area is 123 Å². The lowest BCUT2D eigenvalue weighted by Gasteiger charge is -2.08. The number of hydrogen-bond acceptors (Lipinski definition) is 3. The summed E-state index contributed by atoms with van der Waals surface area (Å²) in [6, 6.07) is 11.2. The van der Waals surface area contributed by atoms with Crippen molar-refractivity contribution in [1.82, 2.24) is 14.5 Å². The van der Waals surface area contributed by atoms with E-state index in [0.717, 1.165) is 22.6 Å². The average Bonchev–Trinajstić information content (AvgIpc) is 3.27. The third kappa shape index (κ3) is 2.12. The summed E-state index contributed by atoms with van der Waals surface area (Å²) in [5.74, 6) is 1.04. The van der Waals surface area contributed by atoms with E-state index in [1.54, 1.807) is 0 Å². The van der Waals surface area contributed by atoms with Crippen molar-refractivity contribution in [3.8, 4) is 11.4 Å². The van der Waals surface area contributed by atoms with Crippen LogP contribution in [0.2, 0.25) is 0 Å². The van der Waals surface area contributed by atoms with Crippen molar-refractivity contribution < 1.29 is 0 Å². The quantitative estimate of drug-likeness (QED) is 0.800. The van der Waals surface area contributed by atoms with Gasteiger partial charge in [-0.2, -0.15) is 0 Å². The summed E-state index contributed by atoms with van der Waals surface area (Å²) < 4.78 is 2.38. The minimum atomic E-state index is 0.455. The topological polar surface area (TPSA) is 56.7 Å². The van der Waals surface area contributed by atoms with E-state index in [1.165, 1.54) is 23.9 Å². The molecule has 1 aromatic carbocycles. The van der Waals surface area contributed by atoms with Crippen molar-refractivity contribution in [2.24, 2.45) is 5.73 Å². The zero-order chi connectivity index (χ0) is 14.4. The van der Waals surface area contributed by atoms with Gasteiger partial charge < -0.3 is 10.3 Å². The first-order valence-corrected chi connectivity index (χ1v) is 7.40. The molecule has 0 atom stereocenters. The second kappa shape index (κ2) is 4.67. The average molecular weight is 278 g/mol. The molecule has 106 valence electrons. The van der Waals surface area contributed by atoms with Crippen molar-refractivity contribution in [3.63, 3.8) is 0 Å². The molecule has 1 aliphatic carbocycles. The maximum absolute atomic E-state index is 5.71. The van der Waals surface area contributed by atoms with E-state index in [9.17, 15) is 0 Å². The summed E-state index contributed by atoms with van der Waals surface area (Å²) in [4.78, 5) is 9.15. The van der Waals surface area contributed by atoms with Crippen LogP contribution < -0.4 is 5.73 Å². The number of nitrogens with two attached hydrogens (primary N) is 1. The highest BCUT2D eigenvalue weighted by molar-refractivity contribution is 5.81. The third-order valence-corrected chi connectivity index (χ3v) is 4.04.